The van der Waals surface area contributed by atoms with Gasteiger partial charge in [0.05, 0.1) is 9.46 Å². The van der Waals surface area contributed by atoms with Crippen molar-refractivity contribution in [1.82, 2.24) is 4.90 Å². The Morgan fingerprint density at radius 2 is 1.47 bits per heavy atom. The number of likely N-dealkylation sites (tertiary alicyclic amines) is 1. The predicted octanol–water partition coefficient (Wildman–Crippen LogP) is 5.40. The maximum atomic E-state index is 11.8. The van der Waals surface area contributed by atoms with E-state index in [1.165, 1.54) is 34.7 Å². The van der Waals surface area contributed by atoms with Crippen LogP contribution in [0.3, 0.4) is 0 Å². The molecule has 0 unspecified atom stereocenters. The molecule has 4 heteroatoms. The number of hydrogen-bond acceptors (Lipinski definition) is 3. The summed E-state index contributed by atoms with van der Waals surface area (Å²) in [5.41, 5.74) is 6.01. The Kier molecular flexibility index (Phi) is 4.94. The van der Waals surface area contributed by atoms with Gasteiger partial charge in [0, 0.05) is 19.5 Å². The van der Waals surface area contributed by atoms with E-state index in [-0.39, 0.29) is 22.0 Å². The number of benzene rings is 3. The number of alkyl halides is 1. The first-order chi connectivity index (χ1) is 14.5. The zero-order valence-corrected chi connectivity index (χ0v) is 19.2. The molecule has 0 saturated carbocycles. The van der Waals surface area contributed by atoms with Gasteiger partial charge in [-0.15, -0.1) is 0 Å². The van der Waals surface area contributed by atoms with E-state index in [1.807, 2.05) is 0 Å². The standard InChI is InChI=1S/C26H24INO2/c1-17-25(30-18(2)29)24(27)16-28(17)26(19-10-4-3-5-11-19)22-14-8-6-12-20(22)21-13-7-9-15-23(21)26/h3-15,17,24-25H,16H2,1-2H3/t17-,24-,25-/m0/s1. The molecule has 1 aliphatic heterocycles. The number of rotatable bonds is 3. The zero-order valence-electron chi connectivity index (χ0n) is 17.1. The fourth-order valence-electron chi connectivity index (χ4n) is 5.42. The molecule has 0 spiro atoms. The van der Waals surface area contributed by atoms with Crippen LogP contribution in [-0.4, -0.2) is 33.5 Å². The van der Waals surface area contributed by atoms with Crippen molar-refractivity contribution in [2.75, 3.05) is 6.54 Å². The van der Waals surface area contributed by atoms with Gasteiger partial charge in [-0.3, -0.25) is 9.69 Å². The van der Waals surface area contributed by atoms with Crippen LogP contribution < -0.4 is 0 Å². The van der Waals surface area contributed by atoms with Crippen molar-refractivity contribution in [2.24, 2.45) is 0 Å². The van der Waals surface area contributed by atoms with Crippen LogP contribution in [0, 0.1) is 0 Å². The summed E-state index contributed by atoms with van der Waals surface area (Å²) in [4.78, 5) is 14.4. The van der Waals surface area contributed by atoms with Gasteiger partial charge in [-0.1, -0.05) is 101 Å². The Hall–Kier alpha value is -2.18. The summed E-state index contributed by atoms with van der Waals surface area (Å²) in [5.74, 6) is -0.212. The second kappa shape index (κ2) is 7.50. The molecule has 0 radical (unpaired) electrons. The highest BCUT2D eigenvalue weighted by atomic mass is 127. The van der Waals surface area contributed by atoms with E-state index in [1.54, 1.807) is 0 Å². The number of hydrogen-bond donors (Lipinski definition) is 0. The zero-order chi connectivity index (χ0) is 20.9. The van der Waals surface area contributed by atoms with Crippen molar-refractivity contribution in [1.29, 1.82) is 0 Å². The molecule has 1 heterocycles. The van der Waals surface area contributed by atoms with Gasteiger partial charge in [0.1, 0.15) is 6.10 Å². The van der Waals surface area contributed by atoms with Gasteiger partial charge in [0.2, 0.25) is 0 Å². The molecule has 2 aliphatic rings. The van der Waals surface area contributed by atoms with Crippen molar-refractivity contribution in [3.05, 3.63) is 95.6 Å². The average Bonchev–Trinajstić information content (AvgIpc) is 3.21. The fraction of sp³-hybridized carbons (Fsp3) is 0.269. The van der Waals surface area contributed by atoms with E-state index in [0.717, 1.165) is 6.54 Å². The molecule has 0 bridgehead atoms. The number of esters is 1. The van der Waals surface area contributed by atoms with E-state index < -0.39 is 5.54 Å². The minimum Gasteiger partial charge on any atom is -0.460 e. The van der Waals surface area contributed by atoms with Crippen LogP contribution in [0.4, 0.5) is 0 Å². The summed E-state index contributed by atoms with van der Waals surface area (Å²) in [6.07, 6.45) is -0.136. The lowest BCUT2D eigenvalue weighted by Gasteiger charge is -2.44. The van der Waals surface area contributed by atoms with Crippen molar-refractivity contribution in [3.8, 4) is 11.1 Å². The van der Waals surface area contributed by atoms with Crippen LogP contribution in [-0.2, 0) is 15.1 Å². The second-order valence-electron chi connectivity index (χ2n) is 8.15. The topological polar surface area (TPSA) is 29.5 Å². The van der Waals surface area contributed by atoms with E-state index in [4.69, 9.17) is 4.74 Å². The first-order valence-electron chi connectivity index (χ1n) is 10.4. The maximum absolute atomic E-state index is 11.8. The summed E-state index contributed by atoms with van der Waals surface area (Å²) in [5, 5.41) is 0. The molecule has 0 amide bonds. The van der Waals surface area contributed by atoms with E-state index in [2.05, 4.69) is 113 Å². The molecular weight excluding hydrogens is 485 g/mol. The molecule has 0 aromatic heterocycles. The molecule has 1 aliphatic carbocycles. The van der Waals surface area contributed by atoms with Gasteiger partial charge in [0.25, 0.3) is 0 Å². The third-order valence-electron chi connectivity index (χ3n) is 6.54. The van der Waals surface area contributed by atoms with Gasteiger partial charge in [0.15, 0.2) is 0 Å². The first-order valence-corrected chi connectivity index (χ1v) is 11.6. The van der Waals surface area contributed by atoms with Gasteiger partial charge in [-0.2, -0.15) is 0 Å². The Balaban J connectivity index is 1.79. The number of fused-ring (bicyclic) bond motifs is 3. The Morgan fingerprint density at radius 1 is 0.933 bits per heavy atom. The van der Waals surface area contributed by atoms with E-state index in [9.17, 15) is 4.79 Å². The molecule has 3 atom stereocenters. The van der Waals surface area contributed by atoms with Gasteiger partial charge < -0.3 is 4.74 Å². The molecule has 0 N–H and O–H groups in total. The summed E-state index contributed by atoms with van der Waals surface area (Å²) in [6, 6.07) is 28.3. The van der Waals surface area contributed by atoms with Crippen LogP contribution in [0.25, 0.3) is 11.1 Å². The monoisotopic (exact) mass is 509 g/mol. The molecule has 3 nitrogen and oxygen atoms in total. The highest BCUT2D eigenvalue weighted by Crippen LogP contribution is 2.56. The van der Waals surface area contributed by atoms with Crippen molar-refractivity contribution in [2.45, 2.75) is 35.5 Å². The SMILES string of the molecule is CC(=O)O[C@@H]1[C@@H](I)CN(C2(c3ccccc3)c3ccccc3-c3ccccc32)[C@H]1C. The molecule has 3 aromatic carbocycles. The highest BCUT2D eigenvalue weighted by molar-refractivity contribution is 14.1. The van der Waals surface area contributed by atoms with Gasteiger partial charge >= 0.3 is 5.97 Å². The van der Waals surface area contributed by atoms with Crippen LogP contribution in [0.15, 0.2) is 78.9 Å². The van der Waals surface area contributed by atoms with Gasteiger partial charge in [-0.05, 0) is 34.7 Å². The largest absolute Gasteiger partial charge is 0.460 e. The van der Waals surface area contributed by atoms with E-state index in [0.29, 0.717) is 0 Å². The van der Waals surface area contributed by atoms with Crippen LogP contribution in [0.2, 0.25) is 0 Å². The van der Waals surface area contributed by atoms with Crippen LogP contribution in [0.5, 0.6) is 0 Å². The quantitative estimate of drug-likeness (QED) is 0.269. The average molecular weight is 509 g/mol. The minimum absolute atomic E-state index is 0.0789. The van der Waals surface area contributed by atoms with Crippen LogP contribution in [0.1, 0.15) is 30.5 Å². The summed E-state index contributed by atoms with van der Waals surface area (Å²) in [6.45, 7) is 4.55. The number of carbonyl (C=O) groups excluding carboxylic acids is 1. The smallest absolute Gasteiger partial charge is 0.302 e. The molecule has 3 aromatic rings. The Morgan fingerprint density at radius 3 is 2.03 bits per heavy atom. The molecule has 5 rings (SSSR count). The number of ether oxygens (including phenoxy) is 1. The molecule has 1 saturated heterocycles. The normalized spacial score (nSPS) is 24.3. The Labute approximate surface area is 191 Å². The lowest BCUT2D eigenvalue weighted by atomic mass is 9.78. The number of halogens is 1. The van der Waals surface area contributed by atoms with Crippen molar-refractivity contribution >= 4 is 28.6 Å². The number of nitrogens with zero attached hydrogens (tertiary/aromatic N) is 1. The lowest BCUT2D eigenvalue weighted by molar-refractivity contribution is -0.147. The minimum atomic E-state index is -0.411. The fourth-order valence-corrected chi connectivity index (χ4v) is 6.59. The van der Waals surface area contributed by atoms with Crippen LogP contribution >= 0.6 is 22.6 Å². The third-order valence-corrected chi connectivity index (χ3v) is 7.65. The second-order valence-corrected chi connectivity index (χ2v) is 9.75. The predicted molar refractivity (Wildman–Crippen MR) is 128 cm³/mol. The molecule has 30 heavy (non-hydrogen) atoms. The lowest BCUT2D eigenvalue weighted by Crippen LogP contribution is -2.50. The molecular formula is C26H24INO2. The van der Waals surface area contributed by atoms with Gasteiger partial charge in [-0.25, -0.2) is 0 Å². The molecule has 152 valence electrons. The van der Waals surface area contributed by atoms with Crippen molar-refractivity contribution < 1.29 is 9.53 Å². The first kappa shape index (κ1) is 19.8. The highest BCUT2D eigenvalue weighted by Gasteiger charge is 2.55. The molecule has 1 fully saturated rings. The Bertz CT molecular complexity index is 1050. The summed E-state index contributed by atoms with van der Waals surface area (Å²) < 4.78 is 6.02. The summed E-state index contributed by atoms with van der Waals surface area (Å²) >= 11 is 2.45. The number of carbonyl (C=O) groups is 1. The van der Waals surface area contributed by atoms with E-state index >= 15 is 0 Å². The van der Waals surface area contributed by atoms with Crippen molar-refractivity contribution in [3.63, 3.8) is 0 Å². The summed E-state index contributed by atoms with van der Waals surface area (Å²) in [7, 11) is 0. The third kappa shape index (κ3) is 2.77. The maximum Gasteiger partial charge on any atom is 0.302 e.